The first kappa shape index (κ1) is 11.5. The second-order valence-corrected chi connectivity index (χ2v) is 5.90. The summed E-state index contributed by atoms with van der Waals surface area (Å²) in [7, 11) is 0. The summed E-state index contributed by atoms with van der Waals surface area (Å²) in [6.45, 7) is 2.86. The Balaban J connectivity index is 1.65. The molecule has 0 saturated carbocycles. The van der Waals surface area contributed by atoms with E-state index in [2.05, 4.69) is 0 Å². The summed E-state index contributed by atoms with van der Waals surface area (Å²) in [6.07, 6.45) is 0. The maximum atomic E-state index is 12.2. The van der Waals surface area contributed by atoms with Crippen LogP contribution in [0.25, 0.3) is 0 Å². The quantitative estimate of drug-likeness (QED) is 0.817. The van der Waals surface area contributed by atoms with E-state index in [0.29, 0.717) is 24.9 Å². The minimum atomic E-state index is -0.347. The van der Waals surface area contributed by atoms with Gasteiger partial charge in [-0.15, -0.1) is 11.3 Å². The third kappa shape index (κ3) is 1.86. The van der Waals surface area contributed by atoms with Gasteiger partial charge in [0.2, 0.25) is 0 Å². The third-order valence-electron chi connectivity index (χ3n) is 3.82. The molecule has 2 aliphatic heterocycles. The number of likely N-dealkylation sites (tertiary alicyclic amines) is 2. The van der Waals surface area contributed by atoms with E-state index in [9.17, 15) is 9.59 Å². The number of carbonyl (C=O) groups is 2. The number of nitrogens with zero attached hydrogens (tertiary/aromatic N) is 2. The smallest absolute Gasteiger partial charge is 0.314 e. The molecule has 2 aliphatic rings. The number of hydrogen-bond donors (Lipinski definition) is 1. The van der Waals surface area contributed by atoms with Gasteiger partial charge in [-0.25, -0.2) is 4.79 Å². The molecule has 2 atom stereocenters. The van der Waals surface area contributed by atoms with Crippen LogP contribution in [0.3, 0.4) is 0 Å². The predicted molar refractivity (Wildman–Crippen MR) is 68.4 cm³/mol. The van der Waals surface area contributed by atoms with Crippen molar-refractivity contribution in [2.75, 3.05) is 26.2 Å². The van der Waals surface area contributed by atoms with Crippen molar-refractivity contribution >= 4 is 23.3 Å². The van der Waals surface area contributed by atoms with Crippen LogP contribution in [-0.2, 0) is 0 Å². The fourth-order valence-electron chi connectivity index (χ4n) is 2.89. The number of primary amides is 1. The highest BCUT2D eigenvalue weighted by molar-refractivity contribution is 7.12. The van der Waals surface area contributed by atoms with Gasteiger partial charge in [-0.1, -0.05) is 6.07 Å². The predicted octanol–water partition coefficient (Wildman–Crippen LogP) is 0.831. The number of hydrogen-bond acceptors (Lipinski definition) is 3. The van der Waals surface area contributed by atoms with Crippen LogP contribution >= 0.6 is 11.3 Å². The molecule has 0 aromatic carbocycles. The Morgan fingerprint density at radius 2 is 1.78 bits per heavy atom. The summed E-state index contributed by atoms with van der Waals surface area (Å²) in [6, 6.07) is 3.40. The molecule has 0 bridgehead atoms. The third-order valence-corrected chi connectivity index (χ3v) is 4.67. The van der Waals surface area contributed by atoms with Crippen molar-refractivity contribution in [3.05, 3.63) is 22.4 Å². The van der Waals surface area contributed by atoms with Crippen molar-refractivity contribution in [3.63, 3.8) is 0 Å². The molecule has 2 fully saturated rings. The molecule has 3 amide bonds. The lowest BCUT2D eigenvalue weighted by Crippen LogP contribution is -2.37. The van der Waals surface area contributed by atoms with E-state index in [1.165, 1.54) is 11.3 Å². The summed E-state index contributed by atoms with van der Waals surface area (Å²) >= 11 is 1.48. The number of nitrogens with two attached hydrogens (primary N) is 1. The van der Waals surface area contributed by atoms with Gasteiger partial charge in [-0.2, -0.15) is 0 Å². The topological polar surface area (TPSA) is 66.6 Å². The molecule has 5 nitrogen and oxygen atoms in total. The van der Waals surface area contributed by atoms with Crippen molar-refractivity contribution in [2.45, 2.75) is 0 Å². The average molecular weight is 265 g/mol. The minimum Gasteiger partial charge on any atom is -0.351 e. The van der Waals surface area contributed by atoms with Crippen LogP contribution in [0.1, 0.15) is 9.67 Å². The first-order valence-electron chi connectivity index (χ1n) is 6.02. The van der Waals surface area contributed by atoms with Crippen LogP contribution in [0.2, 0.25) is 0 Å². The molecule has 3 heterocycles. The molecule has 2 saturated heterocycles. The highest BCUT2D eigenvalue weighted by Crippen LogP contribution is 2.32. The molecule has 1 aromatic rings. The molecule has 1 aromatic heterocycles. The van der Waals surface area contributed by atoms with Gasteiger partial charge in [-0.3, -0.25) is 4.79 Å². The lowest BCUT2D eigenvalue weighted by molar-refractivity contribution is 0.0782. The Morgan fingerprint density at radius 3 is 2.28 bits per heavy atom. The fourth-order valence-corrected chi connectivity index (χ4v) is 3.59. The zero-order chi connectivity index (χ0) is 12.7. The fraction of sp³-hybridized carbons (Fsp3) is 0.500. The zero-order valence-electron chi connectivity index (χ0n) is 9.91. The lowest BCUT2D eigenvalue weighted by Gasteiger charge is -2.20. The Labute approximate surface area is 109 Å². The van der Waals surface area contributed by atoms with E-state index in [-0.39, 0.29) is 11.9 Å². The maximum absolute atomic E-state index is 12.2. The van der Waals surface area contributed by atoms with Crippen LogP contribution in [0, 0.1) is 11.8 Å². The number of rotatable bonds is 1. The van der Waals surface area contributed by atoms with Gasteiger partial charge in [0.15, 0.2) is 0 Å². The molecular formula is C12H15N3O2S. The van der Waals surface area contributed by atoms with Gasteiger partial charge in [-0.05, 0) is 11.4 Å². The highest BCUT2D eigenvalue weighted by Gasteiger charge is 2.42. The molecular weight excluding hydrogens is 250 g/mol. The molecule has 0 spiro atoms. The minimum absolute atomic E-state index is 0.116. The van der Waals surface area contributed by atoms with Crippen molar-refractivity contribution in [2.24, 2.45) is 17.6 Å². The second kappa shape index (κ2) is 4.28. The van der Waals surface area contributed by atoms with E-state index in [4.69, 9.17) is 5.73 Å². The normalized spacial score (nSPS) is 26.4. The summed E-state index contributed by atoms with van der Waals surface area (Å²) in [5, 5.41) is 1.92. The molecule has 3 rings (SSSR count). The van der Waals surface area contributed by atoms with Crippen molar-refractivity contribution in [1.29, 1.82) is 0 Å². The SMILES string of the molecule is NC(=O)N1C[C@@H]2CN(C(=O)c3cccs3)C[C@@H]2C1. The van der Waals surface area contributed by atoms with Gasteiger partial charge in [0.1, 0.15) is 0 Å². The average Bonchev–Trinajstić information content (AvgIpc) is 3.03. The summed E-state index contributed by atoms with van der Waals surface area (Å²) in [5.41, 5.74) is 5.28. The van der Waals surface area contributed by atoms with Crippen LogP contribution in [-0.4, -0.2) is 47.9 Å². The maximum Gasteiger partial charge on any atom is 0.314 e. The van der Waals surface area contributed by atoms with Crippen LogP contribution in [0.15, 0.2) is 17.5 Å². The summed E-state index contributed by atoms with van der Waals surface area (Å²) in [4.78, 5) is 27.7. The van der Waals surface area contributed by atoms with Crippen molar-refractivity contribution in [1.82, 2.24) is 9.80 Å². The molecule has 2 N–H and O–H groups in total. The van der Waals surface area contributed by atoms with Gasteiger partial charge in [0, 0.05) is 38.0 Å². The largest absolute Gasteiger partial charge is 0.351 e. The Kier molecular flexibility index (Phi) is 2.74. The molecule has 0 aliphatic carbocycles. The highest BCUT2D eigenvalue weighted by atomic mass is 32.1. The molecule has 0 radical (unpaired) electrons. The Morgan fingerprint density at radius 1 is 1.17 bits per heavy atom. The van der Waals surface area contributed by atoms with E-state index in [0.717, 1.165) is 18.0 Å². The number of thiophene rings is 1. The van der Waals surface area contributed by atoms with Crippen LogP contribution in [0.5, 0.6) is 0 Å². The van der Waals surface area contributed by atoms with E-state index < -0.39 is 0 Å². The van der Waals surface area contributed by atoms with E-state index >= 15 is 0 Å². The summed E-state index contributed by atoms with van der Waals surface area (Å²) in [5.74, 6) is 0.896. The van der Waals surface area contributed by atoms with Crippen LogP contribution in [0.4, 0.5) is 4.79 Å². The zero-order valence-corrected chi connectivity index (χ0v) is 10.7. The van der Waals surface area contributed by atoms with E-state index in [1.54, 1.807) is 4.90 Å². The van der Waals surface area contributed by atoms with Gasteiger partial charge >= 0.3 is 6.03 Å². The first-order valence-corrected chi connectivity index (χ1v) is 6.90. The van der Waals surface area contributed by atoms with Crippen LogP contribution < -0.4 is 5.73 Å². The molecule has 0 unspecified atom stereocenters. The molecule has 18 heavy (non-hydrogen) atoms. The van der Waals surface area contributed by atoms with Crippen molar-refractivity contribution < 1.29 is 9.59 Å². The lowest BCUT2D eigenvalue weighted by atomic mass is 10.0. The first-order chi connectivity index (χ1) is 8.65. The molecule has 6 heteroatoms. The monoisotopic (exact) mass is 265 g/mol. The van der Waals surface area contributed by atoms with Gasteiger partial charge in [0.25, 0.3) is 5.91 Å². The van der Waals surface area contributed by atoms with E-state index in [1.807, 2.05) is 22.4 Å². The number of amides is 3. The number of urea groups is 1. The number of fused-ring (bicyclic) bond motifs is 1. The van der Waals surface area contributed by atoms with Crippen molar-refractivity contribution in [3.8, 4) is 0 Å². The van der Waals surface area contributed by atoms with Gasteiger partial charge < -0.3 is 15.5 Å². The summed E-state index contributed by atoms with van der Waals surface area (Å²) < 4.78 is 0. The van der Waals surface area contributed by atoms with Gasteiger partial charge in [0.05, 0.1) is 4.88 Å². The second-order valence-electron chi connectivity index (χ2n) is 4.95. The number of carbonyl (C=O) groups excluding carboxylic acids is 2. The Bertz CT molecular complexity index is 460. The Hall–Kier alpha value is -1.56. The standard InChI is InChI=1S/C12H15N3O2S/c13-12(17)15-6-8-4-14(5-9(8)7-15)11(16)10-2-1-3-18-10/h1-3,8-9H,4-7H2,(H2,13,17)/t8-,9+. The molecule has 96 valence electrons.